The molecule has 188 valence electrons. The third-order valence-electron chi connectivity index (χ3n) is 5.51. The molecule has 0 amide bonds. The lowest BCUT2D eigenvalue weighted by Gasteiger charge is -2.09. The number of pyridine rings is 1. The molecule has 3 aromatic carbocycles. The number of nitrogens with zero attached hydrogens (tertiary/aromatic N) is 1. The van der Waals surface area contributed by atoms with E-state index in [9.17, 15) is 0 Å². The number of aliphatic hydroxyl groups excluding tert-OH is 1. The van der Waals surface area contributed by atoms with E-state index in [4.69, 9.17) is 5.11 Å². The molecule has 0 atom stereocenters. The molecule has 0 radical (unpaired) electrons. The van der Waals surface area contributed by atoms with Crippen molar-refractivity contribution in [1.29, 1.82) is 0 Å². The summed E-state index contributed by atoms with van der Waals surface area (Å²) in [6, 6.07) is 31.1. The van der Waals surface area contributed by atoms with Crippen molar-refractivity contribution in [3.05, 3.63) is 137 Å². The van der Waals surface area contributed by atoms with Gasteiger partial charge in [-0.25, -0.2) is 0 Å². The molecule has 1 heterocycles. The van der Waals surface area contributed by atoms with Crippen LogP contribution < -0.4 is 4.72 Å². The highest BCUT2D eigenvalue weighted by Gasteiger charge is 2.04. The minimum Gasteiger partial charge on any atom is -0.384 e. The van der Waals surface area contributed by atoms with Gasteiger partial charge in [0.2, 0.25) is 0 Å². The molecule has 0 aliphatic carbocycles. The summed E-state index contributed by atoms with van der Waals surface area (Å²) in [6.07, 6.45) is 8.21. The molecular weight excluding hydrogens is 472 g/mol. The van der Waals surface area contributed by atoms with Gasteiger partial charge in [0.25, 0.3) is 0 Å². The van der Waals surface area contributed by atoms with Crippen LogP contribution in [-0.4, -0.2) is 16.7 Å². The van der Waals surface area contributed by atoms with Crippen molar-refractivity contribution in [1.82, 2.24) is 9.71 Å². The molecule has 4 rings (SSSR count). The number of allylic oxidation sites excluding steroid dienone is 1. The van der Waals surface area contributed by atoms with E-state index in [2.05, 4.69) is 107 Å². The van der Waals surface area contributed by atoms with E-state index in [-0.39, 0.29) is 6.61 Å². The highest BCUT2D eigenvalue weighted by molar-refractivity contribution is 7.97. The van der Waals surface area contributed by atoms with Gasteiger partial charge in [-0.05, 0) is 84.3 Å². The summed E-state index contributed by atoms with van der Waals surface area (Å²) < 4.78 is 3.40. The zero-order valence-corrected chi connectivity index (χ0v) is 22.3. The van der Waals surface area contributed by atoms with Crippen LogP contribution in [0.5, 0.6) is 0 Å². The maximum Gasteiger partial charge on any atom is 0.104 e. The maximum absolute atomic E-state index is 8.71. The SMILES string of the molecule is CC/C=C\c1c(CNSc2ccc(C#CCO)cc2)ccnc1C.c1ccc(Cc2ccccc2)cc1. The monoisotopic (exact) mass is 506 g/mol. The minimum absolute atomic E-state index is 0.113. The number of aliphatic hydroxyl groups is 1. The molecule has 1 aromatic heterocycles. The zero-order valence-electron chi connectivity index (χ0n) is 21.5. The normalized spacial score (nSPS) is 10.4. The van der Waals surface area contributed by atoms with Crippen LogP contribution in [-0.2, 0) is 13.0 Å². The number of hydrogen-bond donors (Lipinski definition) is 2. The summed E-state index contributed by atoms with van der Waals surface area (Å²) in [6.45, 7) is 4.82. The van der Waals surface area contributed by atoms with E-state index in [0.717, 1.165) is 35.5 Å². The number of benzene rings is 3. The zero-order chi connectivity index (χ0) is 26.1. The van der Waals surface area contributed by atoms with Crippen LogP contribution in [0.25, 0.3) is 6.08 Å². The van der Waals surface area contributed by atoms with Gasteiger partial charge in [-0.15, -0.1) is 0 Å². The first-order valence-corrected chi connectivity index (χ1v) is 13.3. The Morgan fingerprint density at radius 1 is 0.892 bits per heavy atom. The molecule has 0 saturated heterocycles. The van der Waals surface area contributed by atoms with Crippen LogP contribution >= 0.6 is 11.9 Å². The number of aryl methyl sites for hydroxylation is 1. The topological polar surface area (TPSA) is 45.1 Å². The second kappa shape index (κ2) is 16.2. The molecule has 37 heavy (non-hydrogen) atoms. The van der Waals surface area contributed by atoms with Gasteiger partial charge in [0.05, 0.1) is 0 Å². The fourth-order valence-electron chi connectivity index (χ4n) is 3.62. The van der Waals surface area contributed by atoms with Crippen molar-refractivity contribution in [3.63, 3.8) is 0 Å². The average Bonchev–Trinajstić information content (AvgIpc) is 2.94. The van der Waals surface area contributed by atoms with Gasteiger partial charge < -0.3 is 5.11 Å². The fourth-order valence-corrected chi connectivity index (χ4v) is 4.29. The van der Waals surface area contributed by atoms with E-state index < -0.39 is 0 Å². The molecule has 2 N–H and O–H groups in total. The molecule has 0 saturated carbocycles. The molecule has 0 unspecified atom stereocenters. The Kier molecular flexibility index (Phi) is 12.2. The quantitative estimate of drug-likeness (QED) is 0.195. The minimum atomic E-state index is -0.113. The van der Waals surface area contributed by atoms with Crippen LogP contribution in [0, 0.1) is 18.8 Å². The number of hydrogen-bond acceptors (Lipinski definition) is 4. The van der Waals surface area contributed by atoms with Crippen molar-refractivity contribution in [2.45, 2.75) is 38.1 Å². The molecule has 0 bridgehead atoms. The van der Waals surface area contributed by atoms with Crippen LogP contribution in [0.4, 0.5) is 0 Å². The predicted octanol–water partition coefficient (Wildman–Crippen LogP) is 7.23. The molecule has 0 fully saturated rings. The van der Waals surface area contributed by atoms with Crippen molar-refractivity contribution in [2.24, 2.45) is 0 Å². The van der Waals surface area contributed by atoms with E-state index in [1.807, 2.05) is 37.4 Å². The van der Waals surface area contributed by atoms with Crippen LogP contribution in [0.2, 0.25) is 0 Å². The van der Waals surface area contributed by atoms with Gasteiger partial charge >= 0.3 is 0 Å². The Morgan fingerprint density at radius 2 is 1.54 bits per heavy atom. The van der Waals surface area contributed by atoms with Gasteiger partial charge in [-0.3, -0.25) is 9.71 Å². The first-order valence-electron chi connectivity index (χ1n) is 12.5. The highest BCUT2D eigenvalue weighted by atomic mass is 32.2. The Balaban J connectivity index is 0.000000244. The third kappa shape index (κ3) is 10.1. The highest BCUT2D eigenvalue weighted by Crippen LogP contribution is 2.19. The maximum atomic E-state index is 8.71. The second-order valence-corrected chi connectivity index (χ2v) is 9.30. The fraction of sp³-hybridized carbons (Fsp3) is 0.182. The predicted molar refractivity (Wildman–Crippen MR) is 157 cm³/mol. The van der Waals surface area contributed by atoms with E-state index in [1.54, 1.807) is 11.9 Å². The average molecular weight is 507 g/mol. The van der Waals surface area contributed by atoms with Crippen molar-refractivity contribution >= 4 is 18.0 Å². The molecule has 0 spiro atoms. The Bertz CT molecular complexity index is 1250. The largest absolute Gasteiger partial charge is 0.384 e. The van der Waals surface area contributed by atoms with Crippen LogP contribution in [0.3, 0.4) is 0 Å². The number of aromatic nitrogens is 1. The summed E-state index contributed by atoms with van der Waals surface area (Å²) in [5.41, 5.74) is 7.13. The van der Waals surface area contributed by atoms with Gasteiger partial charge in [0.15, 0.2) is 0 Å². The van der Waals surface area contributed by atoms with Crippen molar-refractivity contribution < 1.29 is 5.11 Å². The van der Waals surface area contributed by atoms with E-state index in [0.29, 0.717) is 0 Å². The van der Waals surface area contributed by atoms with Gasteiger partial charge in [0.1, 0.15) is 6.61 Å². The summed E-state index contributed by atoms with van der Waals surface area (Å²) in [7, 11) is 0. The summed E-state index contributed by atoms with van der Waals surface area (Å²) in [5, 5.41) is 8.71. The lowest BCUT2D eigenvalue weighted by molar-refractivity contribution is 0.350. The lowest BCUT2D eigenvalue weighted by Crippen LogP contribution is -2.06. The van der Waals surface area contributed by atoms with Gasteiger partial charge in [-0.1, -0.05) is 91.6 Å². The summed E-state index contributed by atoms with van der Waals surface area (Å²) >= 11 is 1.59. The molecule has 4 aromatic rings. The van der Waals surface area contributed by atoms with Crippen LogP contribution in [0.1, 0.15) is 46.9 Å². The lowest BCUT2D eigenvalue weighted by atomic mass is 10.1. The number of rotatable bonds is 8. The summed E-state index contributed by atoms with van der Waals surface area (Å²) in [4.78, 5) is 5.50. The van der Waals surface area contributed by atoms with Crippen LogP contribution in [0.15, 0.2) is 108 Å². The summed E-state index contributed by atoms with van der Waals surface area (Å²) in [5.74, 6) is 5.54. The Morgan fingerprint density at radius 3 is 2.14 bits per heavy atom. The van der Waals surface area contributed by atoms with Gasteiger partial charge in [0, 0.05) is 28.9 Å². The van der Waals surface area contributed by atoms with Gasteiger partial charge in [-0.2, -0.15) is 0 Å². The second-order valence-electron chi connectivity index (χ2n) is 8.34. The molecule has 0 aliphatic heterocycles. The Hall–Kier alpha value is -3.62. The third-order valence-corrected chi connectivity index (χ3v) is 6.31. The number of nitrogens with one attached hydrogen (secondary N) is 1. The standard InChI is InChI=1S/C20H22N2OS.C13H12/c1-3-4-7-20-16(2)21-13-12-18(20)15-22-24-19-10-8-17(9-11-19)6-5-14-23;1-3-7-12(8-4-1)11-13-9-5-2-6-10-13/h4,7-13,22-23H,3,14-15H2,1-2H3;1-10H,11H2/b7-4-;. The smallest absolute Gasteiger partial charge is 0.104 e. The first-order chi connectivity index (χ1) is 18.2. The van der Waals surface area contributed by atoms with E-state index >= 15 is 0 Å². The van der Waals surface area contributed by atoms with E-state index in [1.165, 1.54) is 22.3 Å². The first kappa shape index (κ1) is 28.0. The Labute approximate surface area is 225 Å². The molecule has 4 heteroatoms. The molecule has 0 aliphatic rings. The molecule has 3 nitrogen and oxygen atoms in total. The molecular formula is C33H34N2OS. The van der Waals surface area contributed by atoms with Crippen molar-refractivity contribution in [2.75, 3.05) is 6.61 Å². The van der Waals surface area contributed by atoms with Crippen molar-refractivity contribution in [3.8, 4) is 11.8 Å².